The Morgan fingerprint density at radius 1 is 1.52 bits per heavy atom. The number of carbonyl (C=O) groups is 2. The van der Waals surface area contributed by atoms with Gasteiger partial charge in [0.25, 0.3) is 0 Å². The van der Waals surface area contributed by atoms with Gasteiger partial charge in [-0.05, 0) is 6.07 Å². The van der Waals surface area contributed by atoms with E-state index in [0.717, 1.165) is 12.0 Å². The van der Waals surface area contributed by atoms with Crippen molar-refractivity contribution in [2.75, 3.05) is 13.7 Å². The molecule has 11 heteroatoms. The predicted molar refractivity (Wildman–Crippen MR) is 62.8 cm³/mol. The molecular weight excluding hydrogens is 308 g/mol. The topological polar surface area (TPSA) is 127 Å². The average Bonchev–Trinajstić information content (AvgIpc) is 2.97. The van der Waals surface area contributed by atoms with Crippen LogP contribution >= 0.6 is 0 Å². The molecule has 2 bridgehead atoms. The standard InChI is InChI=1S/C10H10N2O8S/c1-18-9(13)7-8-5(2-3-19-8)6-4-11(7)10(14)12(6)20-21(15,16)17/h2-3,6-7H,4H2,1H3,(H,15,16,17)/t6-,7-/m0/s1. The van der Waals surface area contributed by atoms with E-state index in [0.29, 0.717) is 10.6 Å². The Labute approximate surface area is 118 Å². The van der Waals surface area contributed by atoms with Crippen molar-refractivity contribution >= 4 is 22.4 Å². The summed E-state index contributed by atoms with van der Waals surface area (Å²) in [6.45, 7) is 0.000648. The molecule has 2 amide bonds. The summed E-state index contributed by atoms with van der Waals surface area (Å²) in [7, 11) is -3.72. The number of amides is 2. The molecule has 114 valence electrons. The largest absolute Gasteiger partial charge is 0.467 e. The van der Waals surface area contributed by atoms with Gasteiger partial charge in [-0.3, -0.25) is 9.45 Å². The molecule has 0 aromatic carbocycles. The summed E-state index contributed by atoms with van der Waals surface area (Å²) in [5.41, 5.74) is 0.413. The van der Waals surface area contributed by atoms with Gasteiger partial charge in [-0.25, -0.2) is 9.59 Å². The average molecular weight is 318 g/mol. The van der Waals surface area contributed by atoms with Gasteiger partial charge in [0.15, 0.2) is 6.04 Å². The zero-order valence-corrected chi connectivity index (χ0v) is 11.4. The summed E-state index contributed by atoms with van der Waals surface area (Å²) in [5, 5.41) is 0.493. The first-order valence-electron chi connectivity index (χ1n) is 5.75. The first kappa shape index (κ1) is 13.9. The van der Waals surface area contributed by atoms with E-state index in [4.69, 9.17) is 8.97 Å². The summed E-state index contributed by atoms with van der Waals surface area (Å²) in [6, 6.07) is -1.33. The van der Waals surface area contributed by atoms with E-state index in [9.17, 15) is 18.0 Å². The number of hydroxylamine groups is 2. The highest BCUT2D eigenvalue weighted by molar-refractivity contribution is 7.80. The molecule has 0 aliphatic carbocycles. The van der Waals surface area contributed by atoms with Crippen LogP contribution in [0.1, 0.15) is 23.4 Å². The second kappa shape index (κ2) is 4.44. The number of hydrogen-bond acceptors (Lipinski definition) is 7. The summed E-state index contributed by atoms with van der Waals surface area (Å²) in [5.74, 6) is -0.556. The van der Waals surface area contributed by atoms with Crippen LogP contribution in [0.5, 0.6) is 0 Å². The van der Waals surface area contributed by atoms with Crippen LogP contribution in [0.4, 0.5) is 4.79 Å². The minimum Gasteiger partial charge on any atom is -0.467 e. The highest BCUT2D eigenvalue weighted by atomic mass is 32.3. The van der Waals surface area contributed by atoms with Gasteiger partial charge in [0, 0.05) is 5.56 Å². The zero-order chi connectivity index (χ0) is 15.4. The molecule has 0 radical (unpaired) electrons. The molecule has 3 heterocycles. The normalized spacial score (nSPS) is 24.2. The Bertz CT molecular complexity index is 710. The summed E-state index contributed by atoms with van der Waals surface area (Å²) < 4.78 is 44.6. The van der Waals surface area contributed by atoms with Gasteiger partial charge in [-0.2, -0.15) is 13.5 Å². The van der Waals surface area contributed by atoms with Crippen molar-refractivity contribution in [3.63, 3.8) is 0 Å². The Hall–Kier alpha value is -2.11. The van der Waals surface area contributed by atoms with Gasteiger partial charge in [0.2, 0.25) is 0 Å². The first-order valence-corrected chi connectivity index (χ1v) is 7.12. The van der Waals surface area contributed by atoms with Crippen molar-refractivity contribution in [3.8, 4) is 0 Å². The SMILES string of the molecule is COC(=O)[C@@H]1c2occc2[C@@H]2CN1C(=O)N2OS(=O)(=O)O. The predicted octanol–water partition coefficient (Wildman–Crippen LogP) is 0.0204. The molecule has 0 unspecified atom stereocenters. The zero-order valence-electron chi connectivity index (χ0n) is 10.6. The van der Waals surface area contributed by atoms with Gasteiger partial charge >= 0.3 is 22.4 Å². The highest BCUT2D eigenvalue weighted by Crippen LogP contribution is 2.44. The first-order chi connectivity index (χ1) is 9.83. The summed E-state index contributed by atoms with van der Waals surface area (Å²) >= 11 is 0. The van der Waals surface area contributed by atoms with Crippen LogP contribution < -0.4 is 0 Å². The van der Waals surface area contributed by atoms with E-state index in [1.807, 2.05) is 0 Å². The van der Waals surface area contributed by atoms with Crippen LogP contribution in [-0.2, 0) is 24.2 Å². The Morgan fingerprint density at radius 2 is 2.24 bits per heavy atom. The molecule has 0 saturated carbocycles. The van der Waals surface area contributed by atoms with Gasteiger partial charge < -0.3 is 9.15 Å². The lowest BCUT2D eigenvalue weighted by molar-refractivity contribution is -0.146. The van der Waals surface area contributed by atoms with Crippen LogP contribution in [0.2, 0.25) is 0 Å². The van der Waals surface area contributed by atoms with Gasteiger partial charge in [-0.15, -0.1) is 4.28 Å². The maximum Gasteiger partial charge on any atom is 0.418 e. The Kier molecular flexibility index (Phi) is 2.93. The molecule has 2 aliphatic rings. The number of ether oxygens (including phenoxy) is 1. The Balaban J connectivity index is 2.06. The summed E-state index contributed by atoms with van der Waals surface area (Å²) in [6.07, 6.45) is 1.30. The molecule has 21 heavy (non-hydrogen) atoms. The molecule has 2 atom stereocenters. The smallest absolute Gasteiger partial charge is 0.418 e. The van der Waals surface area contributed by atoms with Crippen LogP contribution in [-0.4, -0.2) is 48.6 Å². The second-order valence-electron chi connectivity index (χ2n) is 4.44. The molecule has 1 saturated heterocycles. The van der Waals surface area contributed by atoms with Crippen LogP contribution in [0, 0.1) is 0 Å². The molecule has 2 aliphatic heterocycles. The third-order valence-electron chi connectivity index (χ3n) is 3.33. The van der Waals surface area contributed by atoms with Crippen molar-refractivity contribution in [2.45, 2.75) is 12.1 Å². The summed E-state index contributed by atoms with van der Waals surface area (Å²) in [4.78, 5) is 25.1. The molecule has 1 fully saturated rings. The maximum absolute atomic E-state index is 12.2. The molecule has 3 rings (SSSR count). The number of nitrogens with zero attached hydrogens (tertiary/aromatic N) is 2. The number of fused-ring (bicyclic) bond motifs is 4. The lowest BCUT2D eigenvalue weighted by Crippen LogP contribution is -2.38. The number of methoxy groups -OCH3 is 1. The molecule has 10 nitrogen and oxygen atoms in total. The van der Waals surface area contributed by atoms with Crippen molar-refractivity contribution in [1.82, 2.24) is 9.96 Å². The van der Waals surface area contributed by atoms with Crippen molar-refractivity contribution in [3.05, 3.63) is 23.7 Å². The number of furan rings is 1. The fraction of sp³-hybridized carbons (Fsp3) is 0.400. The van der Waals surface area contributed by atoms with Gasteiger partial charge in [0.05, 0.1) is 19.9 Å². The van der Waals surface area contributed by atoms with Gasteiger partial charge in [0.1, 0.15) is 11.8 Å². The minimum atomic E-state index is -4.88. The fourth-order valence-electron chi connectivity index (χ4n) is 2.54. The van der Waals surface area contributed by atoms with E-state index in [1.165, 1.54) is 12.3 Å². The van der Waals surface area contributed by atoms with E-state index in [-0.39, 0.29) is 12.3 Å². The van der Waals surface area contributed by atoms with E-state index >= 15 is 0 Å². The minimum absolute atomic E-state index is 0.000648. The van der Waals surface area contributed by atoms with Crippen LogP contribution in [0.15, 0.2) is 16.7 Å². The van der Waals surface area contributed by atoms with Crippen LogP contribution in [0.3, 0.4) is 0 Å². The lowest BCUT2D eigenvalue weighted by atomic mass is 9.99. The van der Waals surface area contributed by atoms with Crippen LogP contribution in [0.25, 0.3) is 0 Å². The Morgan fingerprint density at radius 3 is 2.86 bits per heavy atom. The highest BCUT2D eigenvalue weighted by Gasteiger charge is 2.54. The van der Waals surface area contributed by atoms with E-state index in [2.05, 4.69) is 9.02 Å². The number of rotatable bonds is 3. The van der Waals surface area contributed by atoms with E-state index < -0.39 is 34.5 Å². The van der Waals surface area contributed by atoms with E-state index in [1.54, 1.807) is 0 Å². The lowest BCUT2D eigenvalue weighted by Gasteiger charge is -2.27. The van der Waals surface area contributed by atoms with Crippen molar-refractivity contribution < 1.29 is 36.0 Å². The molecule has 1 aromatic heterocycles. The number of urea groups is 1. The quantitative estimate of drug-likeness (QED) is 0.610. The molecule has 0 spiro atoms. The molecule has 1 aromatic rings. The molecular formula is C10H10N2O8S. The van der Waals surface area contributed by atoms with Crippen molar-refractivity contribution in [1.29, 1.82) is 0 Å². The number of carbonyl (C=O) groups excluding carboxylic acids is 2. The monoisotopic (exact) mass is 318 g/mol. The van der Waals surface area contributed by atoms with Crippen molar-refractivity contribution in [2.24, 2.45) is 0 Å². The third-order valence-corrected chi connectivity index (χ3v) is 3.68. The fourth-order valence-corrected chi connectivity index (χ4v) is 2.91. The number of esters is 1. The maximum atomic E-state index is 12.2. The number of hydrogen-bond donors (Lipinski definition) is 1. The molecule has 1 N–H and O–H groups in total. The second-order valence-corrected chi connectivity index (χ2v) is 5.45. The third kappa shape index (κ3) is 2.05. The van der Waals surface area contributed by atoms with Gasteiger partial charge in [-0.1, -0.05) is 0 Å².